The Morgan fingerprint density at radius 1 is 1.38 bits per heavy atom. The van der Waals surface area contributed by atoms with Crippen molar-refractivity contribution in [2.45, 2.75) is 31.8 Å². The Bertz CT molecular complexity index is 534. The van der Waals surface area contributed by atoms with Crippen molar-refractivity contribution >= 4 is 21.6 Å². The summed E-state index contributed by atoms with van der Waals surface area (Å²) in [6.07, 6.45) is 4.05. The lowest BCUT2D eigenvalue weighted by molar-refractivity contribution is -0.384. The summed E-state index contributed by atoms with van der Waals surface area (Å²) >= 11 is 3.41. The van der Waals surface area contributed by atoms with Gasteiger partial charge in [-0.25, -0.2) is 0 Å². The van der Waals surface area contributed by atoms with Crippen LogP contribution < -0.4 is 5.32 Å². The highest BCUT2D eigenvalue weighted by molar-refractivity contribution is 9.10. The molecule has 0 spiro atoms. The molecule has 0 bridgehead atoms. The monoisotopic (exact) mass is 353 g/mol. The van der Waals surface area contributed by atoms with Gasteiger partial charge >= 0.3 is 0 Å². The van der Waals surface area contributed by atoms with Crippen molar-refractivity contribution in [1.29, 1.82) is 0 Å². The third-order valence-corrected chi connectivity index (χ3v) is 5.11. The van der Waals surface area contributed by atoms with Crippen LogP contribution in [0.1, 0.15) is 24.8 Å². The van der Waals surface area contributed by atoms with Gasteiger partial charge in [0.25, 0.3) is 5.69 Å². The van der Waals surface area contributed by atoms with E-state index >= 15 is 0 Å². The third kappa shape index (κ3) is 3.81. The van der Waals surface area contributed by atoms with E-state index in [0.717, 1.165) is 35.1 Å². The van der Waals surface area contributed by atoms with E-state index in [-0.39, 0.29) is 10.6 Å². The minimum atomic E-state index is -0.368. The number of nitrogens with zero attached hydrogens (tertiary/aromatic N) is 2. The molecule has 6 heteroatoms. The van der Waals surface area contributed by atoms with E-state index in [4.69, 9.17) is 0 Å². The molecule has 1 aliphatic carbocycles. The Morgan fingerprint density at radius 3 is 2.86 bits per heavy atom. The van der Waals surface area contributed by atoms with Gasteiger partial charge in [-0.2, -0.15) is 0 Å². The smallest absolute Gasteiger partial charge is 0.270 e. The van der Waals surface area contributed by atoms with Gasteiger partial charge in [0.2, 0.25) is 0 Å². The van der Waals surface area contributed by atoms with E-state index in [1.54, 1.807) is 12.1 Å². The van der Waals surface area contributed by atoms with Gasteiger partial charge in [0.1, 0.15) is 0 Å². The maximum Gasteiger partial charge on any atom is 0.270 e. The lowest BCUT2D eigenvalue weighted by Crippen LogP contribution is -2.27. The van der Waals surface area contributed by atoms with Crippen molar-refractivity contribution in [3.63, 3.8) is 0 Å². The zero-order valence-corrected chi connectivity index (χ0v) is 13.5. The summed E-state index contributed by atoms with van der Waals surface area (Å²) in [6, 6.07) is 5.83. The Hall–Kier alpha value is -0.980. The fourth-order valence-corrected chi connectivity index (χ4v) is 3.51. The number of hydrogen-bond donors (Lipinski definition) is 1. The number of halogens is 1. The molecule has 1 atom stereocenters. The maximum atomic E-state index is 10.7. The number of nitro groups is 1. The van der Waals surface area contributed by atoms with E-state index in [0.29, 0.717) is 0 Å². The SMILES string of the molecule is O=[N+]([O-])c1ccc(CNCC2CCN(C3CC3)C2)c(Br)c1. The molecule has 2 fully saturated rings. The van der Waals surface area contributed by atoms with Gasteiger partial charge in [0.15, 0.2) is 0 Å². The second-order valence-corrected chi connectivity index (χ2v) is 6.90. The zero-order valence-electron chi connectivity index (χ0n) is 11.9. The van der Waals surface area contributed by atoms with Crippen molar-refractivity contribution in [2.75, 3.05) is 19.6 Å². The summed E-state index contributed by atoms with van der Waals surface area (Å²) in [5.74, 6) is 0.738. The number of rotatable bonds is 6. The van der Waals surface area contributed by atoms with Crippen molar-refractivity contribution in [3.8, 4) is 0 Å². The summed E-state index contributed by atoms with van der Waals surface area (Å²) in [7, 11) is 0. The lowest BCUT2D eigenvalue weighted by Gasteiger charge is -2.15. The highest BCUT2D eigenvalue weighted by atomic mass is 79.9. The van der Waals surface area contributed by atoms with Crippen LogP contribution in [0.3, 0.4) is 0 Å². The number of benzene rings is 1. The van der Waals surface area contributed by atoms with Gasteiger partial charge < -0.3 is 10.2 Å². The number of hydrogen-bond acceptors (Lipinski definition) is 4. The fraction of sp³-hybridized carbons (Fsp3) is 0.600. The molecule has 114 valence electrons. The van der Waals surface area contributed by atoms with Gasteiger partial charge in [-0.05, 0) is 49.9 Å². The molecule has 2 aliphatic rings. The molecule has 0 aromatic heterocycles. The minimum Gasteiger partial charge on any atom is -0.312 e. The van der Waals surface area contributed by atoms with Crippen LogP contribution in [-0.4, -0.2) is 35.5 Å². The van der Waals surface area contributed by atoms with Crippen molar-refractivity contribution in [1.82, 2.24) is 10.2 Å². The molecule has 21 heavy (non-hydrogen) atoms. The highest BCUT2D eigenvalue weighted by Crippen LogP contribution is 2.31. The van der Waals surface area contributed by atoms with E-state index in [9.17, 15) is 10.1 Å². The van der Waals surface area contributed by atoms with Crippen molar-refractivity contribution in [2.24, 2.45) is 5.92 Å². The lowest BCUT2D eigenvalue weighted by atomic mass is 10.1. The Balaban J connectivity index is 1.46. The van der Waals surface area contributed by atoms with Crippen molar-refractivity contribution < 1.29 is 4.92 Å². The van der Waals surface area contributed by atoms with Gasteiger partial charge in [-0.1, -0.05) is 15.9 Å². The predicted octanol–water partition coefficient (Wildman–Crippen LogP) is 2.93. The van der Waals surface area contributed by atoms with E-state index in [1.807, 2.05) is 6.07 Å². The molecule has 0 radical (unpaired) electrons. The molecular formula is C15H20BrN3O2. The topological polar surface area (TPSA) is 58.4 Å². The van der Waals surface area contributed by atoms with Crippen LogP contribution in [0.5, 0.6) is 0 Å². The molecule has 1 saturated carbocycles. The largest absolute Gasteiger partial charge is 0.312 e. The minimum absolute atomic E-state index is 0.126. The first-order valence-electron chi connectivity index (χ1n) is 7.51. The molecular weight excluding hydrogens is 334 g/mol. The van der Waals surface area contributed by atoms with E-state index < -0.39 is 0 Å². The second kappa shape index (κ2) is 6.42. The number of likely N-dealkylation sites (tertiary alicyclic amines) is 1. The van der Waals surface area contributed by atoms with E-state index in [2.05, 4.69) is 26.1 Å². The first kappa shape index (κ1) is 14.9. The van der Waals surface area contributed by atoms with Gasteiger partial charge in [-0.3, -0.25) is 10.1 Å². The molecule has 0 amide bonds. The predicted molar refractivity (Wildman–Crippen MR) is 85.2 cm³/mol. The van der Waals surface area contributed by atoms with Crippen molar-refractivity contribution in [3.05, 3.63) is 38.3 Å². The van der Waals surface area contributed by atoms with Gasteiger partial charge in [0, 0.05) is 35.7 Å². The summed E-state index contributed by atoms with van der Waals surface area (Å²) in [5.41, 5.74) is 1.19. The van der Waals surface area contributed by atoms with Gasteiger partial charge in [-0.15, -0.1) is 0 Å². The molecule has 1 unspecified atom stereocenters. The summed E-state index contributed by atoms with van der Waals surface area (Å²) < 4.78 is 0.801. The number of non-ortho nitro benzene ring substituents is 1. The molecule has 5 nitrogen and oxygen atoms in total. The number of nitro benzene ring substituents is 1. The molecule has 1 heterocycles. The Kier molecular flexibility index (Phi) is 4.57. The van der Waals surface area contributed by atoms with E-state index in [1.165, 1.54) is 32.4 Å². The molecule has 1 aromatic rings. The molecule has 1 N–H and O–H groups in total. The van der Waals surface area contributed by atoms with Crippen LogP contribution in [0.2, 0.25) is 0 Å². The van der Waals surface area contributed by atoms with Crippen LogP contribution in [-0.2, 0) is 6.54 Å². The summed E-state index contributed by atoms with van der Waals surface area (Å²) in [5, 5.41) is 14.2. The standard InChI is InChI=1S/C15H20BrN3O2/c16-15-7-14(19(20)21)2-1-12(15)9-17-8-11-5-6-18(10-11)13-3-4-13/h1-2,7,11,13,17H,3-6,8-10H2. The molecule has 3 rings (SSSR count). The normalized spacial score (nSPS) is 22.6. The fourth-order valence-electron chi connectivity index (χ4n) is 3.00. The quantitative estimate of drug-likeness (QED) is 0.630. The summed E-state index contributed by atoms with van der Waals surface area (Å²) in [4.78, 5) is 13.0. The summed E-state index contributed by atoms with van der Waals surface area (Å²) in [6.45, 7) is 4.24. The average Bonchev–Trinajstić information content (AvgIpc) is 3.20. The van der Waals surface area contributed by atoms with Gasteiger partial charge in [0.05, 0.1) is 4.92 Å². The second-order valence-electron chi connectivity index (χ2n) is 6.04. The highest BCUT2D eigenvalue weighted by Gasteiger charge is 2.33. The zero-order chi connectivity index (χ0) is 14.8. The number of nitrogens with one attached hydrogen (secondary N) is 1. The van der Waals surface area contributed by atoms with Crippen LogP contribution in [0.15, 0.2) is 22.7 Å². The average molecular weight is 354 g/mol. The van der Waals surface area contributed by atoms with Crippen LogP contribution in [0, 0.1) is 16.0 Å². The van der Waals surface area contributed by atoms with Crippen LogP contribution >= 0.6 is 15.9 Å². The molecule has 1 aliphatic heterocycles. The Labute approximate surface area is 133 Å². The molecule has 1 aromatic carbocycles. The first-order chi connectivity index (χ1) is 10.1. The van der Waals surface area contributed by atoms with Crippen LogP contribution in [0.4, 0.5) is 5.69 Å². The van der Waals surface area contributed by atoms with Crippen LogP contribution in [0.25, 0.3) is 0 Å². The first-order valence-corrected chi connectivity index (χ1v) is 8.30. The third-order valence-electron chi connectivity index (χ3n) is 4.38. The Morgan fingerprint density at radius 2 is 2.19 bits per heavy atom. The maximum absolute atomic E-state index is 10.7. The molecule has 1 saturated heterocycles.